The predicted molar refractivity (Wildman–Crippen MR) is 122 cm³/mol. The van der Waals surface area contributed by atoms with Gasteiger partial charge in [-0.05, 0) is 48.0 Å². The molecule has 0 radical (unpaired) electrons. The van der Waals surface area contributed by atoms with E-state index < -0.39 is 5.91 Å². The number of likely N-dealkylation sites (N-methyl/N-ethyl adjacent to an activating group) is 1. The molecule has 1 heterocycles. The fourth-order valence-corrected chi connectivity index (χ4v) is 3.80. The highest BCUT2D eigenvalue weighted by Gasteiger charge is 2.24. The van der Waals surface area contributed by atoms with Crippen molar-refractivity contribution in [3.05, 3.63) is 82.4 Å². The number of nitrogens with zero attached hydrogens (tertiary/aromatic N) is 2. The second-order valence-corrected chi connectivity index (χ2v) is 7.58. The van der Waals surface area contributed by atoms with Crippen LogP contribution in [-0.4, -0.2) is 38.2 Å². The van der Waals surface area contributed by atoms with E-state index in [1.54, 1.807) is 43.3 Å². The number of primary amides is 1. The molecule has 0 spiro atoms. The molecule has 0 aliphatic carbocycles. The van der Waals surface area contributed by atoms with Gasteiger partial charge in [-0.15, -0.1) is 0 Å². The van der Waals surface area contributed by atoms with Crippen LogP contribution in [0.5, 0.6) is 5.75 Å². The molecule has 1 aliphatic rings. The Balaban J connectivity index is 1.94. The van der Waals surface area contributed by atoms with Crippen molar-refractivity contribution < 1.29 is 14.3 Å². The Morgan fingerprint density at radius 3 is 2.61 bits per heavy atom. The third kappa shape index (κ3) is 3.90. The molecule has 2 N–H and O–H groups in total. The Morgan fingerprint density at radius 2 is 1.87 bits per heavy atom. The molecule has 31 heavy (non-hydrogen) atoms. The number of anilines is 1. The van der Waals surface area contributed by atoms with E-state index in [0.717, 1.165) is 22.4 Å². The van der Waals surface area contributed by atoms with Crippen LogP contribution in [0.2, 0.25) is 5.02 Å². The number of aliphatic imine (C=N–C) groups is 1. The Bertz CT molecular complexity index is 1240. The number of amides is 2. The lowest BCUT2D eigenvalue weighted by molar-refractivity contribution is -0.116. The Labute approximate surface area is 184 Å². The fraction of sp³-hybridized carbons (Fsp3) is 0.125. The van der Waals surface area contributed by atoms with E-state index >= 15 is 0 Å². The summed E-state index contributed by atoms with van der Waals surface area (Å²) in [6.45, 7) is -0.00285. The lowest BCUT2D eigenvalue weighted by atomic mass is 9.94. The van der Waals surface area contributed by atoms with Crippen molar-refractivity contribution in [1.82, 2.24) is 0 Å². The van der Waals surface area contributed by atoms with Gasteiger partial charge in [0.15, 0.2) is 0 Å². The first-order chi connectivity index (χ1) is 14.9. The van der Waals surface area contributed by atoms with Gasteiger partial charge in [-0.3, -0.25) is 14.6 Å². The molecule has 0 unspecified atom stereocenters. The van der Waals surface area contributed by atoms with Gasteiger partial charge in [-0.2, -0.15) is 0 Å². The van der Waals surface area contributed by atoms with Crippen LogP contribution in [-0.2, 0) is 4.79 Å². The molecular weight excluding hydrogens is 414 g/mol. The van der Waals surface area contributed by atoms with Gasteiger partial charge >= 0.3 is 0 Å². The Hall–Kier alpha value is -3.64. The average molecular weight is 434 g/mol. The normalized spacial score (nSPS) is 13.3. The maximum absolute atomic E-state index is 12.5. The maximum Gasteiger partial charge on any atom is 0.248 e. The first kappa shape index (κ1) is 20.6. The van der Waals surface area contributed by atoms with Crippen molar-refractivity contribution in [2.45, 2.75) is 0 Å². The van der Waals surface area contributed by atoms with Crippen LogP contribution >= 0.6 is 11.6 Å². The van der Waals surface area contributed by atoms with Crippen molar-refractivity contribution >= 4 is 34.8 Å². The van der Waals surface area contributed by atoms with E-state index in [1.165, 1.54) is 0 Å². The third-order valence-corrected chi connectivity index (χ3v) is 5.49. The molecule has 0 fully saturated rings. The topological polar surface area (TPSA) is 85.0 Å². The minimum absolute atomic E-state index is 0.00285. The number of benzene rings is 3. The Morgan fingerprint density at radius 1 is 1.06 bits per heavy atom. The number of ether oxygens (including phenoxy) is 1. The third-order valence-electron chi connectivity index (χ3n) is 5.25. The van der Waals surface area contributed by atoms with E-state index in [2.05, 4.69) is 4.99 Å². The van der Waals surface area contributed by atoms with Crippen molar-refractivity contribution in [3.8, 4) is 16.9 Å². The van der Waals surface area contributed by atoms with Crippen LogP contribution in [0, 0.1) is 0 Å². The number of carbonyl (C=O) groups is 2. The van der Waals surface area contributed by atoms with Gasteiger partial charge in [0.25, 0.3) is 0 Å². The van der Waals surface area contributed by atoms with E-state index in [0.29, 0.717) is 27.6 Å². The van der Waals surface area contributed by atoms with Gasteiger partial charge in [0.1, 0.15) is 12.3 Å². The summed E-state index contributed by atoms with van der Waals surface area (Å²) in [6, 6.07) is 18.1. The van der Waals surface area contributed by atoms with Crippen molar-refractivity contribution in [3.63, 3.8) is 0 Å². The Kier molecular flexibility index (Phi) is 5.48. The number of hydrogen-bond donors (Lipinski definition) is 1. The largest absolute Gasteiger partial charge is 0.496 e. The molecule has 0 saturated carbocycles. The van der Waals surface area contributed by atoms with E-state index in [9.17, 15) is 9.59 Å². The van der Waals surface area contributed by atoms with Gasteiger partial charge in [0.05, 0.1) is 18.5 Å². The lowest BCUT2D eigenvalue weighted by Gasteiger charge is -2.20. The minimum Gasteiger partial charge on any atom is -0.496 e. The van der Waals surface area contributed by atoms with E-state index in [1.807, 2.05) is 36.4 Å². The molecule has 6 nitrogen and oxygen atoms in total. The molecule has 3 aromatic rings. The number of methoxy groups -OCH3 is 1. The van der Waals surface area contributed by atoms with Crippen LogP contribution in [0.25, 0.3) is 11.1 Å². The second-order valence-electron chi connectivity index (χ2n) is 7.14. The molecule has 3 aromatic carbocycles. The summed E-state index contributed by atoms with van der Waals surface area (Å²) in [6.07, 6.45) is 0. The van der Waals surface area contributed by atoms with Crippen LogP contribution in [0.15, 0.2) is 65.7 Å². The number of rotatable bonds is 4. The van der Waals surface area contributed by atoms with E-state index in [-0.39, 0.29) is 12.5 Å². The number of nitrogens with two attached hydrogens (primary N) is 1. The van der Waals surface area contributed by atoms with Gasteiger partial charge in [0, 0.05) is 34.3 Å². The zero-order chi connectivity index (χ0) is 22.1. The SMILES string of the molecule is COc1ccc(Cl)cc1-c1ccc2c(c1)C(c1cccc(C(N)=O)c1)=NCC(=O)N2C. The van der Waals surface area contributed by atoms with Gasteiger partial charge < -0.3 is 15.4 Å². The zero-order valence-electron chi connectivity index (χ0n) is 17.1. The van der Waals surface area contributed by atoms with Crippen LogP contribution in [0.1, 0.15) is 21.5 Å². The molecule has 4 rings (SSSR count). The summed E-state index contributed by atoms with van der Waals surface area (Å²) >= 11 is 6.23. The summed E-state index contributed by atoms with van der Waals surface area (Å²) < 4.78 is 5.51. The van der Waals surface area contributed by atoms with E-state index in [4.69, 9.17) is 22.1 Å². The molecule has 0 atom stereocenters. The summed E-state index contributed by atoms with van der Waals surface area (Å²) in [5, 5.41) is 0.584. The number of benzodiazepines with no additional fused rings is 1. The summed E-state index contributed by atoms with van der Waals surface area (Å²) in [4.78, 5) is 30.4. The highest BCUT2D eigenvalue weighted by molar-refractivity contribution is 6.31. The molecule has 0 bridgehead atoms. The summed E-state index contributed by atoms with van der Waals surface area (Å²) in [5.41, 5.74) is 10.3. The summed E-state index contributed by atoms with van der Waals surface area (Å²) in [5.74, 6) is 0.0221. The number of carbonyl (C=O) groups excluding carboxylic acids is 2. The zero-order valence-corrected chi connectivity index (χ0v) is 17.8. The molecule has 156 valence electrons. The first-order valence-corrected chi connectivity index (χ1v) is 9.96. The smallest absolute Gasteiger partial charge is 0.248 e. The monoisotopic (exact) mass is 433 g/mol. The number of hydrogen-bond acceptors (Lipinski definition) is 4. The number of fused-ring (bicyclic) bond motifs is 1. The van der Waals surface area contributed by atoms with Crippen LogP contribution < -0.4 is 15.4 Å². The quantitative estimate of drug-likeness (QED) is 0.676. The molecular formula is C24H20ClN3O3. The molecule has 7 heteroatoms. The van der Waals surface area contributed by atoms with Gasteiger partial charge in [0.2, 0.25) is 11.8 Å². The van der Waals surface area contributed by atoms with Crippen molar-refractivity contribution in [2.75, 3.05) is 25.6 Å². The highest BCUT2D eigenvalue weighted by atomic mass is 35.5. The minimum atomic E-state index is -0.526. The van der Waals surface area contributed by atoms with Gasteiger partial charge in [-0.1, -0.05) is 29.8 Å². The second kappa shape index (κ2) is 8.24. The first-order valence-electron chi connectivity index (χ1n) is 9.58. The van der Waals surface area contributed by atoms with Crippen molar-refractivity contribution in [1.29, 1.82) is 0 Å². The van der Waals surface area contributed by atoms with Crippen molar-refractivity contribution in [2.24, 2.45) is 10.7 Å². The summed E-state index contributed by atoms with van der Waals surface area (Å²) in [7, 11) is 3.32. The number of halogens is 1. The highest BCUT2D eigenvalue weighted by Crippen LogP contribution is 2.36. The maximum atomic E-state index is 12.5. The molecule has 0 aromatic heterocycles. The van der Waals surface area contributed by atoms with Crippen LogP contribution in [0.4, 0.5) is 5.69 Å². The van der Waals surface area contributed by atoms with Gasteiger partial charge in [-0.25, -0.2) is 0 Å². The lowest BCUT2D eigenvalue weighted by Crippen LogP contribution is -2.27. The standard InChI is InChI=1S/C24H20ClN3O3/c1-28-20-8-6-14(18-12-17(25)7-9-21(18)31-2)11-19(20)23(27-13-22(28)29)15-4-3-5-16(10-15)24(26)30/h3-12H,13H2,1-2H3,(H2,26,30). The molecule has 1 aliphatic heterocycles. The van der Waals surface area contributed by atoms with Crippen LogP contribution in [0.3, 0.4) is 0 Å². The fourth-order valence-electron chi connectivity index (χ4n) is 3.63. The molecule has 2 amide bonds. The predicted octanol–water partition coefficient (Wildman–Crippen LogP) is 3.93. The average Bonchev–Trinajstić information content (AvgIpc) is 2.90. The molecule has 0 saturated heterocycles.